The van der Waals surface area contributed by atoms with Crippen molar-refractivity contribution >= 4 is 11.3 Å². The van der Waals surface area contributed by atoms with Gasteiger partial charge in [0.15, 0.2) is 0 Å². The molecule has 0 amide bonds. The van der Waals surface area contributed by atoms with Crippen LogP contribution in [0.4, 0.5) is 0 Å². The molecule has 1 fully saturated rings. The Kier molecular flexibility index (Phi) is 4.35. The van der Waals surface area contributed by atoms with Gasteiger partial charge in [0.05, 0.1) is 6.10 Å². The monoisotopic (exact) mass is 241 g/mol. The minimum atomic E-state index is 0.220. The van der Waals surface area contributed by atoms with Crippen LogP contribution in [0, 0.1) is 0 Å². The number of aliphatic hydroxyl groups excluding tert-OH is 1. The van der Waals surface area contributed by atoms with E-state index in [-0.39, 0.29) is 18.8 Å². The highest BCUT2D eigenvalue weighted by Gasteiger charge is 2.27. The highest BCUT2D eigenvalue weighted by atomic mass is 32.1. The number of nitrogens with one attached hydrogen (secondary N) is 1. The Balaban J connectivity index is 1.97. The van der Waals surface area contributed by atoms with Crippen LogP contribution in [0.2, 0.25) is 0 Å². The predicted molar refractivity (Wildman–Crippen MR) is 65.7 cm³/mol. The standard InChI is InChI=1S/C12H19NO2S/c1-9-10(5-7-15-9)13-11(4-6-14)12-3-2-8-16-12/h2-3,8-11,13-14H,4-7H2,1H3. The van der Waals surface area contributed by atoms with Crippen molar-refractivity contribution in [2.75, 3.05) is 13.2 Å². The molecule has 3 nitrogen and oxygen atoms in total. The summed E-state index contributed by atoms with van der Waals surface area (Å²) >= 11 is 1.74. The highest BCUT2D eigenvalue weighted by molar-refractivity contribution is 7.10. The molecule has 0 spiro atoms. The quantitative estimate of drug-likeness (QED) is 0.828. The van der Waals surface area contributed by atoms with E-state index in [9.17, 15) is 0 Å². The van der Waals surface area contributed by atoms with E-state index >= 15 is 0 Å². The number of hydrogen-bond donors (Lipinski definition) is 2. The summed E-state index contributed by atoms with van der Waals surface area (Å²) in [5, 5.41) is 14.8. The van der Waals surface area contributed by atoms with Crippen molar-refractivity contribution in [3.63, 3.8) is 0 Å². The van der Waals surface area contributed by atoms with E-state index in [1.54, 1.807) is 11.3 Å². The zero-order chi connectivity index (χ0) is 11.4. The maximum atomic E-state index is 9.11. The first-order valence-corrected chi connectivity index (χ1v) is 6.71. The molecule has 16 heavy (non-hydrogen) atoms. The second kappa shape index (κ2) is 5.77. The van der Waals surface area contributed by atoms with Crippen molar-refractivity contribution in [1.82, 2.24) is 5.32 Å². The smallest absolute Gasteiger partial charge is 0.0700 e. The molecule has 0 saturated carbocycles. The van der Waals surface area contributed by atoms with Crippen molar-refractivity contribution in [3.8, 4) is 0 Å². The number of rotatable bonds is 5. The van der Waals surface area contributed by atoms with Gasteiger partial charge in [0.25, 0.3) is 0 Å². The maximum Gasteiger partial charge on any atom is 0.0700 e. The number of aliphatic hydroxyl groups is 1. The van der Waals surface area contributed by atoms with Crippen molar-refractivity contribution in [3.05, 3.63) is 22.4 Å². The van der Waals surface area contributed by atoms with Crippen LogP contribution >= 0.6 is 11.3 Å². The number of ether oxygens (including phenoxy) is 1. The van der Waals surface area contributed by atoms with Crippen LogP contribution in [-0.4, -0.2) is 30.5 Å². The fraction of sp³-hybridized carbons (Fsp3) is 0.667. The van der Waals surface area contributed by atoms with Gasteiger partial charge in [0.1, 0.15) is 0 Å². The van der Waals surface area contributed by atoms with E-state index in [0.29, 0.717) is 6.04 Å². The van der Waals surface area contributed by atoms with Gasteiger partial charge in [-0.05, 0) is 31.2 Å². The normalized spacial score (nSPS) is 27.1. The van der Waals surface area contributed by atoms with Gasteiger partial charge in [-0.2, -0.15) is 0 Å². The fourth-order valence-electron chi connectivity index (χ4n) is 2.14. The molecule has 1 aliphatic rings. The first kappa shape index (κ1) is 12.0. The van der Waals surface area contributed by atoms with E-state index in [1.807, 2.05) is 0 Å². The van der Waals surface area contributed by atoms with Gasteiger partial charge in [-0.3, -0.25) is 0 Å². The first-order valence-electron chi connectivity index (χ1n) is 5.83. The molecular weight excluding hydrogens is 222 g/mol. The topological polar surface area (TPSA) is 41.5 Å². The molecule has 0 aliphatic carbocycles. The minimum Gasteiger partial charge on any atom is -0.396 e. The molecule has 3 unspecified atom stereocenters. The Hall–Kier alpha value is -0.420. The van der Waals surface area contributed by atoms with Gasteiger partial charge in [-0.1, -0.05) is 6.07 Å². The van der Waals surface area contributed by atoms with Gasteiger partial charge < -0.3 is 15.2 Å². The van der Waals surface area contributed by atoms with Gasteiger partial charge in [0, 0.05) is 30.2 Å². The molecule has 2 heterocycles. The number of hydrogen-bond acceptors (Lipinski definition) is 4. The van der Waals surface area contributed by atoms with E-state index in [1.165, 1.54) is 4.88 Å². The fourth-order valence-corrected chi connectivity index (χ4v) is 2.96. The summed E-state index contributed by atoms with van der Waals surface area (Å²) in [5.74, 6) is 0. The Labute approximate surface area is 100 Å². The average molecular weight is 241 g/mol. The zero-order valence-corrected chi connectivity index (χ0v) is 10.4. The summed E-state index contributed by atoms with van der Waals surface area (Å²) in [6.45, 7) is 3.17. The lowest BCUT2D eigenvalue weighted by Gasteiger charge is -2.23. The Morgan fingerprint density at radius 1 is 1.69 bits per heavy atom. The van der Waals surface area contributed by atoms with Crippen molar-refractivity contribution in [1.29, 1.82) is 0 Å². The van der Waals surface area contributed by atoms with Gasteiger partial charge in [-0.25, -0.2) is 0 Å². The van der Waals surface area contributed by atoms with Crippen LogP contribution < -0.4 is 5.32 Å². The molecule has 1 aliphatic heterocycles. The molecule has 90 valence electrons. The van der Waals surface area contributed by atoms with Crippen molar-refractivity contribution < 1.29 is 9.84 Å². The van der Waals surface area contributed by atoms with E-state index < -0.39 is 0 Å². The first-order chi connectivity index (χ1) is 7.81. The lowest BCUT2D eigenvalue weighted by molar-refractivity contribution is 0.109. The SMILES string of the molecule is CC1OCCC1NC(CCO)c1cccs1. The molecule has 1 aromatic rings. The maximum absolute atomic E-state index is 9.11. The molecule has 3 atom stereocenters. The summed E-state index contributed by atoms with van der Waals surface area (Å²) in [7, 11) is 0. The lowest BCUT2D eigenvalue weighted by Crippen LogP contribution is -2.37. The van der Waals surface area contributed by atoms with Gasteiger partial charge in [0.2, 0.25) is 0 Å². The van der Waals surface area contributed by atoms with Crippen molar-refractivity contribution in [2.24, 2.45) is 0 Å². The molecule has 0 aromatic carbocycles. The second-order valence-electron chi connectivity index (χ2n) is 4.22. The zero-order valence-electron chi connectivity index (χ0n) is 9.56. The van der Waals surface area contributed by atoms with Gasteiger partial charge >= 0.3 is 0 Å². The van der Waals surface area contributed by atoms with Crippen molar-refractivity contribution in [2.45, 2.75) is 38.0 Å². The molecule has 2 rings (SSSR count). The predicted octanol–water partition coefficient (Wildman–Crippen LogP) is 1.94. The van der Waals surface area contributed by atoms with E-state index in [2.05, 4.69) is 29.8 Å². The average Bonchev–Trinajstić information content (AvgIpc) is 2.90. The Morgan fingerprint density at radius 3 is 3.12 bits per heavy atom. The summed E-state index contributed by atoms with van der Waals surface area (Å²) in [6, 6.07) is 4.86. The van der Waals surface area contributed by atoms with Gasteiger partial charge in [-0.15, -0.1) is 11.3 Å². The minimum absolute atomic E-state index is 0.220. The molecule has 2 N–H and O–H groups in total. The molecule has 1 saturated heterocycles. The van der Waals surface area contributed by atoms with Crippen LogP contribution in [-0.2, 0) is 4.74 Å². The van der Waals surface area contributed by atoms with Crippen LogP contribution in [0.15, 0.2) is 17.5 Å². The Morgan fingerprint density at radius 2 is 2.56 bits per heavy atom. The third-order valence-electron chi connectivity index (χ3n) is 3.10. The second-order valence-corrected chi connectivity index (χ2v) is 5.20. The summed E-state index contributed by atoms with van der Waals surface area (Å²) in [6.07, 6.45) is 2.11. The molecule has 4 heteroatoms. The summed E-state index contributed by atoms with van der Waals surface area (Å²) < 4.78 is 5.54. The number of thiophene rings is 1. The molecular formula is C12H19NO2S. The van der Waals surface area contributed by atoms with Crippen LogP contribution in [0.1, 0.15) is 30.7 Å². The molecule has 1 aromatic heterocycles. The third-order valence-corrected chi connectivity index (χ3v) is 4.08. The Bertz CT molecular complexity index is 302. The van der Waals surface area contributed by atoms with E-state index in [4.69, 9.17) is 9.84 Å². The molecule has 0 radical (unpaired) electrons. The lowest BCUT2D eigenvalue weighted by atomic mass is 10.1. The third kappa shape index (κ3) is 2.83. The summed E-state index contributed by atoms with van der Waals surface area (Å²) in [5.41, 5.74) is 0. The van der Waals surface area contributed by atoms with Crippen LogP contribution in [0.5, 0.6) is 0 Å². The van der Waals surface area contributed by atoms with Crippen LogP contribution in [0.3, 0.4) is 0 Å². The largest absolute Gasteiger partial charge is 0.396 e. The van der Waals surface area contributed by atoms with E-state index in [0.717, 1.165) is 19.4 Å². The van der Waals surface area contributed by atoms with Crippen LogP contribution in [0.25, 0.3) is 0 Å². The summed E-state index contributed by atoms with van der Waals surface area (Å²) in [4.78, 5) is 1.30. The highest BCUT2D eigenvalue weighted by Crippen LogP contribution is 2.25. The molecule has 0 bridgehead atoms.